The molecule has 0 spiro atoms. The number of aromatic nitrogens is 5. The molecular weight excluding hydrogens is 373 g/mol. The molecule has 10 heteroatoms. The van der Waals surface area contributed by atoms with Gasteiger partial charge >= 0.3 is 6.18 Å². The number of carbonyl (C=O) groups excluding carboxylic acids is 1. The number of nitrogens with one attached hydrogen (secondary N) is 1. The van der Waals surface area contributed by atoms with E-state index < -0.39 is 11.7 Å². The zero-order valence-corrected chi connectivity index (χ0v) is 16.2. The summed E-state index contributed by atoms with van der Waals surface area (Å²) in [7, 11) is 1.79. The molecule has 0 saturated carbocycles. The third kappa shape index (κ3) is 3.71. The number of nitrogens with zero attached hydrogens (tertiary/aromatic N) is 5. The molecule has 3 aromatic rings. The maximum absolute atomic E-state index is 13.4. The van der Waals surface area contributed by atoms with Crippen LogP contribution in [0.5, 0.6) is 0 Å². The molecule has 3 aromatic heterocycles. The lowest BCUT2D eigenvalue weighted by Crippen LogP contribution is -2.30. The number of rotatable bonds is 4. The standard InChI is InChI=1S/C18H21F3N6O/c1-9-6-14(18(19,20)21)16-12(4)25-27(17(16)22-9)8-15(28)23-10(2)13-7-26(5)24-11(13)3/h6-7,10H,8H2,1-5H3,(H,23,28). The van der Waals surface area contributed by atoms with Crippen LogP contribution in [-0.4, -0.2) is 30.5 Å². The number of aryl methyl sites for hydroxylation is 4. The summed E-state index contributed by atoms with van der Waals surface area (Å²) >= 11 is 0. The number of hydrogen-bond donors (Lipinski definition) is 1. The summed E-state index contributed by atoms with van der Waals surface area (Å²) < 4.78 is 43.1. The molecule has 3 heterocycles. The molecule has 1 atom stereocenters. The second-order valence-electron chi connectivity index (χ2n) is 6.88. The highest BCUT2D eigenvalue weighted by molar-refractivity contribution is 5.85. The highest BCUT2D eigenvalue weighted by atomic mass is 19.4. The van der Waals surface area contributed by atoms with Gasteiger partial charge in [0.15, 0.2) is 5.65 Å². The minimum Gasteiger partial charge on any atom is -0.348 e. The fourth-order valence-corrected chi connectivity index (χ4v) is 3.36. The van der Waals surface area contributed by atoms with Crippen molar-refractivity contribution < 1.29 is 18.0 Å². The Kier molecular flexibility index (Phi) is 4.90. The van der Waals surface area contributed by atoms with Crippen molar-refractivity contribution in [2.75, 3.05) is 0 Å². The van der Waals surface area contributed by atoms with Gasteiger partial charge in [-0.15, -0.1) is 0 Å². The van der Waals surface area contributed by atoms with Gasteiger partial charge < -0.3 is 5.32 Å². The quantitative estimate of drug-likeness (QED) is 0.738. The molecule has 0 fully saturated rings. The molecule has 150 valence electrons. The third-order valence-electron chi connectivity index (χ3n) is 4.50. The van der Waals surface area contributed by atoms with Crippen LogP contribution in [0.25, 0.3) is 11.0 Å². The van der Waals surface area contributed by atoms with E-state index in [2.05, 4.69) is 20.5 Å². The zero-order valence-electron chi connectivity index (χ0n) is 16.2. The van der Waals surface area contributed by atoms with Gasteiger partial charge in [-0.3, -0.25) is 9.48 Å². The largest absolute Gasteiger partial charge is 0.417 e. The number of hydrogen-bond acceptors (Lipinski definition) is 4. The Morgan fingerprint density at radius 2 is 1.89 bits per heavy atom. The van der Waals surface area contributed by atoms with Gasteiger partial charge in [-0.1, -0.05) is 0 Å². The van der Waals surface area contributed by atoms with Crippen molar-refractivity contribution in [2.24, 2.45) is 7.05 Å². The average Bonchev–Trinajstić information content (AvgIpc) is 3.05. The fourth-order valence-electron chi connectivity index (χ4n) is 3.36. The highest BCUT2D eigenvalue weighted by Crippen LogP contribution is 2.36. The summed E-state index contributed by atoms with van der Waals surface area (Å²) in [4.78, 5) is 16.7. The molecule has 7 nitrogen and oxygen atoms in total. The lowest BCUT2D eigenvalue weighted by atomic mass is 10.1. The zero-order chi connectivity index (χ0) is 20.8. The lowest BCUT2D eigenvalue weighted by molar-refractivity contribution is -0.136. The molecule has 28 heavy (non-hydrogen) atoms. The number of pyridine rings is 1. The van der Waals surface area contributed by atoms with Crippen LogP contribution in [-0.2, 0) is 24.6 Å². The van der Waals surface area contributed by atoms with Gasteiger partial charge in [-0.25, -0.2) is 9.67 Å². The molecule has 0 aliphatic carbocycles. The maximum atomic E-state index is 13.4. The van der Waals surface area contributed by atoms with Crippen LogP contribution in [0.15, 0.2) is 12.3 Å². The molecule has 1 amide bonds. The number of alkyl halides is 3. The first-order valence-corrected chi connectivity index (χ1v) is 8.69. The van der Waals surface area contributed by atoms with E-state index in [0.29, 0.717) is 0 Å². The van der Waals surface area contributed by atoms with Crippen molar-refractivity contribution in [2.45, 2.75) is 46.5 Å². The van der Waals surface area contributed by atoms with Crippen molar-refractivity contribution in [1.29, 1.82) is 0 Å². The normalized spacial score (nSPS) is 13.1. The van der Waals surface area contributed by atoms with E-state index in [-0.39, 0.29) is 40.9 Å². The van der Waals surface area contributed by atoms with Gasteiger partial charge in [-0.05, 0) is 33.8 Å². The van der Waals surface area contributed by atoms with Crippen LogP contribution in [0.2, 0.25) is 0 Å². The smallest absolute Gasteiger partial charge is 0.348 e. The second kappa shape index (κ2) is 6.92. The van der Waals surface area contributed by atoms with Crippen LogP contribution in [0.4, 0.5) is 13.2 Å². The summed E-state index contributed by atoms with van der Waals surface area (Å²) in [5, 5.41) is 11.1. The predicted molar refractivity (Wildman–Crippen MR) is 96.5 cm³/mol. The molecule has 0 aliphatic heterocycles. The van der Waals surface area contributed by atoms with Crippen molar-refractivity contribution >= 4 is 16.9 Å². The molecule has 0 aromatic carbocycles. The van der Waals surface area contributed by atoms with Crippen LogP contribution < -0.4 is 5.32 Å². The molecule has 1 N–H and O–H groups in total. The Balaban J connectivity index is 1.89. The van der Waals surface area contributed by atoms with Crippen LogP contribution in [0.3, 0.4) is 0 Å². The Morgan fingerprint density at radius 3 is 2.46 bits per heavy atom. The van der Waals surface area contributed by atoms with Gasteiger partial charge in [0.25, 0.3) is 0 Å². The van der Waals surface area contributed by atoms with Crippen molar-refractivity contribution in [3.63, 3.8) is 0 Å². The molecular formula is C18H21F3N6O. The maximum Gasteiger partial charge on any atom is 0.417 e. The first kappa shape index (κ1) is 19.8. The van der Waals surface area contributed by atoms with Crippen LogP contribution in [0, 0.1) is 20.8 Å². The summed E-state index contributed by atoms with van der Waals surface area (Å²) in [6.45, 7) is 6.38. The van der Waals surface area contributed by atoms with E-state index in [1.165, 1.54) is 18.5 Å². The summed E-state index contributed by atoms with van der Waals surface area (Å²) in [6, 6.07) is 0.693. The molecule has 0 saturated heterocycles. The highest BCUT2D eigenvalue weighted by Gasteiger charge is 2.35. The van der Waals surface area contributed by atoms with E-state index in [0.717, 1.165) is 17.3 Å². The number of amides is 1. The van der Waals surface area contributed by atoms with Gasteiger partial charge in [0.2, 0.25) is 5.91 Å². The Bertz CT molecular complexity index is 1050. The molecule has 1 unspecified atom stereocenters. The van der Waals surface area contributed by atoms with Crippen LogP contribution in [0.1, 0.15) is 41.2 Å². The Morgan fingerprint density at radius 1 is 1.21 bits per heavy atom. The summed E-state index contributed by atoms with van der Waals surface area (Å²) in [6.07, 6.45) is -2.71. The first-order chi connectivity index (χ1) is 13.0. The van der Waals surface area contributed by atoms with Crippen molar-refractivity contribution in [3.8, 4) is 0 Å². The number of halogens is 3. The minimum absolute atomic E-state index is 0.0465. The molecule has 0 aliphatic rings. The van der Waals surface area contributed by atoms with Gasteiger partial charge in [0.05, 0.1) is 28.4 Å². The second-order valence-corrected chi connectivity index (χ2v) is 6.88. The van der Waals surface area contributed by atoms with E-state index in [1.807, 2.05) is 20.0 Å². The third-order valence-corrected chi connectivity index (χ3v) is 4.50. The topological polar surface area (TPSA) is 77.6 Å². The van der Waals surface area contributed by atoms with Crippen LogP contribution >= 0.6 is 0 Å². The first-order valence-electron chi connectivity index (χ1n) is 8.69. The fraction of sp³-hybridized carbons (Fsp3) is 0.444. The minimum atomic E-state index is -4.53. The summed E-state index contributed by atoms with van der Waals surface area (Å²) in [5.74, 6) is -0.378. The SMILES string of the molecule is Cc1cc(C(F)(F)F)c2c(C)nn(CC(=O)NC(C)c3cn(C)nc3C)c2n1. The van der Waals surface area contributed by atoms with E-state index in [1.54, 1.807) is 11.7 Å². The number of fused-ring (bicyclic) bond motifs is 1. The monoisotopic (exact) mass is 394 g/mol. The van der Waals surface area contributed by atoms with E-state index in [9.17, 15) is 18.0 Å². The Hall–Kier alpha value is -2.91. The Labute approximate surface area is 159 Å². The molecule has 0 bridgehead atoms. The predicted octanol–water partition coefficient (Wildman–Crippen LogP) is 2.99. The molecule has 3 rings (SSSR count). The lowest BCUT2D eigenvalue weighted by Gasteiger charge is -2.14. The summed E-state index contributed by atoms with van der Waals surface area (Å²) in [5.41, 5.74) is 1.30. The van der Waals surface area contributed by atoms with Gasteiger partial charge in [0, 0.05) is 24.5 Å². The van der Waals surface area contributed by atoms with Crippen molar-refractivity contribution in [1.82, 2.24) is 29.9 Å². The number of carbonyl (C=O) groups is 1. The van der Waals surface area contributed by atoms with Gasteiger partial charge in [-0.2, -0.15) is 23.4 Å². The average molecular weight is 394 g/mol. The van der Waals surface area contributed by atoms with E-state index >= 15 is 0 Å². The van der Waals surface area contributed by atoms with Crippen molar-refractivity contribution in [3.05, 3.63) is 40.5 Å². The molecule has 0 radical (unpaired) electrons. The van der Waals surface area contributed by atoms with Gasteiger partial charge in [0.1, 0.15) is 6.54 Å². The van der Waals surface area contributed by atoms with E-state index in [4.69, 9.17) is 0 Å².